The molecule has 0 bridgehead atoms. The Morgan fingerprint density at radius 2 is 0.871 bits per heavy atom. The molecule has 0 aliphatic heterocycles. The predicted molar refractivity (Wildman–Crippen MR) is 222 cm³/mol. The normalized spacial score (nSPS) is 11.4. The molecule has 5 rings (SSSR count). The van der Waals surface area contributed by atoms with E-state index in [0.717, 1.165) is 35.9 Å². The van der Waals surface area contributed by atoms with Gasteiger partial charge in [0.25, 0.3) is 23.6 Å². The maximum Gasteiger partial charge on any atom is 0.416 e. The van der Waals surface area contributed by atoms with E-state index in [9.17, 15) is 45.5 Å². The zero-order chi connectivity index (χ0) is 45.2. The van der Waals surface area contributed by atoms with Crippen molar-refractivity contribution >= 4 is 69.9 Å². The number of alkyl halides is 6. The summed E-state index contributed by atoms with van der Waals surface area (Å²) in [5, 5.41) is 9.64. The van der Waals surface area contributed by atoms with Crippen LogP contribution in [-0.2, 0) is 12.4 Å². The summed E-state index contributed by atoms with van der Waals surface area (Å²) in [6, 6.07) is 15.1. The molecule has 4 amide bonds. The first-order valence-corrected chi connectivity index (χ1v) is 19.9. The number of carbonyl (C=O) groups is 4. The first kappa shape index (κ1) is 46.7. The lowest BCUT2D eigenvalue weighted by Crippen LogP contribution is -2.21. The third-order valence-corrected chi connectivity index (χ3v) is 10.7. The molecule has 8 N–H and O–H groups in total. The molecule has 0 atom stereocenters. The molecule has 0 aliphatic carbocycles. The van der Waals surface area contributed by atoms with E-state index in [2.05, 4.69) is 31.2 Å². The molecule has 5 aromatic rings. The molecule has 0 saturated heterocycles. The van der Waals surface area contributed by atoms with Crippen molar-refractivity contribution in [1.82, 2.24) is 9.97 Å². The van der Waals surface area contributed by atoms with Crippen LogP contribution in [0.1, 0.15) is 52.8 Å². The third-order valence-electron chi connectivity index (χ3n) is 8.39. The first-order chi connectivity index (χ1) is 29.4. The van der Waals surface area contributed by atoms with E-state index in [1.807, 2.05) is 0 Å². The van der Waals surface area contributed by atoms with Gasteiger partial charge >= 0.3 is 12.4 Å². The van der Waals surface area contributed by atoms with Gasteiger partial charge in [0, 0.05) is 41.8 Å². The lowest BCUT2D eigenvalue weighted by Gasteiger charge is -2.19. The zero-order valence-corrected chi connectivity index (χ0v) is 34.1. The van der Waals surface area contributed by atoms with Crippen molar-refractivity contribution in [3.05, 3.63) is 119 Å². The van der Waals surface area contributed by atoms with Gasteiger partial charge in [-0.25, -0.2) is 9.97 Å². The van der Waals surface area contributed by atoms with Crippen LogP contribution >= 0.6 is 23.5 Å². The number of nitrogens with two attached hydrogens (primary N) is 2. The number of nitrogens with zero attached hydrogens (tertiary/aromatic N) is 2. The van der Waals surface area contributed by atoms with Crippen molar-refractivity contribution in [3.63, 3.8) is 0 Å². The molecule has 326 valence electrons. The summed E-state index contributed by atoms with van der Waals surface area (Å²) in [6.07, 6.45) is -9.10. The number of hydrogen-bond donors (Lipinski definition) is 6. The Bertz CT molecular complexity index is 2270. The molecule has 62 heavy (non-hydrogen) atoms. The van der Waals surface area contributed by atoms with E-state index in [-0.39, 0.29) is 56.9 Å². The van der Waals surface area contributed by atoms with E-state index in [1.165, 1.54) is 62.8 Å². The number of halogens is 6. The topological polar surface area (TPSA) is 213 Å². The Labute approximate surface area is 357 Å². The van der Waals surface area contributed by atoms with E-state index in [4.69, 9.17) is 20.9 Å². The number of anilines is 4. The van der Waals surface area contributed by atoms with Gasteiger partial charge in [-0.05, 0) is 72.8 Å². The summed E-state index contributed by atoms with van der Waals surface area (Å²) in [6.45, 7) is 0.119. The lowest BCUT2D eigenvalue weighted by atomic mass is 10.1. The maximum absolute atomic E-state index is 14.2. The quantitative estimate of drug-likeness (QED) is 0.0417. The average Bonchev–Trinajstić information content (AvgIpc) is 3.25. The minimum absolute atomic E-state index is 0.00706. The molecule has 14 nitrogen and oxygen atoms in total. The highest BCUT2D eigenvalue weighted by Crippen LogP contribution is 2.43. The molecular weight excluding hydrogens is 867 g/mol. The Morgan fingerprint density at radius 1 is 0.548 bits per heavy atom. The fraction of sp³-hybridized carbons (Fsp3) is 0.200. The Hall–Kier alpha value is -6.36. The highest BCUT2D eigenvalue weighted by Gasteiger charge is 2.35. The van der Waals surface area contributed by atoms with Crippen LogP contribution in [0.25, 0.3) is 0 Å². The first-order valence-electron chi connectivity index (χ1n) is 18.0. The second kappa shape index (κ2) is 20.5. The number of amides is 4. The Morgan fingerprint density at radius 3 is 1.16 bits per heavy atom. The standard InChI is InChI=1S/C40H36F6N8O6S2/c1-59-25-7-3-21(4-8-25)35(55)51-27-15-23(39(41,42)43)17-29(33(27)61-13-11-47)53-37(57)31-19-32(50-20-49-31)38(58)54-30-18-24(40(44,45)46)16-28(34(30)62-14-12-48)52-36(56)22-5-9-26(60-2)10-6-22/h3-10,15-20H,11-14,47-48H2,1-2H3,(H,51,55)(H,52,56)(H,53,57)(H,54,58). The van der Waals surface area contributed by atoms with Crippen LogP contribution in [0.5, 0.6) is 11.5 Å². The summed E-state index contributed by atoms with van der Waals surface area (Å²) in [5.74, 6) is -2.65. The van der Waals surface area contributed by atoms with Gasteiger partial charge in [0.1, 0.15) is 29.2 Å². The largest absolute Gasteiger partial charge is 0.497 e. The van der Waals surface area contributed by atoms with Crippen LogP contribution in [0.3, 0.4) is 0 Å². The van der Waals surface area contributed by atoms with Gasteiger partial charge < -0.3 is 42.2 Å². The number of benzene rings is 4. The summed E-state index contributed by atoms with van der Waals surface area (Å²) >= 11 is 1.87. The Balaban J connectivity index is 1.47. The van der Waals surface area contributed by atoms with Gasteiger partial charge in [-0.2, -0.15) is 26.3 Å². The van der Waals surface area contributed by atoms with Gasteiger partial charge in [0.2, 0.25) is 0 Å². The summed E-state index contributed by atoms with van der Waals surface area (Å²) in [4.78, 5) is 61.4. The molecule has 0 aliphatic rings. The van der Waals surface area contributed by atoms with Gasteiger partial charge in [0.05, 0.1) is 57.9 Å². The molecule has 0 spiro atoms. The number of methoxy groups -OCH3 is 2. The zero-order valence-electron chi connectivity index (χ0n) is 32.5. The van der Waals surface area contributed by atoms with Crippen molar-refractivity contribution in [1.29, 1.82) is 0 Å². The smallest absolute Gasteiger partial charge is 0.416 e. The summed E-state index contributed by atoms with van der Waals surface area (Å²) in [7, 11) is 2.83. The van der Waals surface area contributed by atoms with Crippen LogP contribution in [0.15, 0.2) is 95.0 Å². The summed E-state index contributed by atoms with van der Waals surface area (Å²) < 4.78 is 95.4. The number of aromatic nitrogens is 2. The SMILES string of the molecule is COc1ccc(C(=O)Nc2cc(C(F)(F)F)cc(NC(=O)c3cc(C(=O)Nc4cc(C(F)(F)F)cc(NC(=O)c5ccc(OC)cc5)c4SCCN)ncn3)c2SCCN)cc1. The molecule has 1 aromatic heterocycles. The van der Waals surface area contributed by atoms with Gasteiger partial charge in [-0.1, -0.05) is 0 Å². The van der Waals surface area contributed by atoms with E-state index in [0.29, 0.717) is 35.8 Å². The lowest BCUT2D eigenvalue weighted by molar-refractivity contribution is -0.138. The molecule has 0 saturated carbocycles. The minimum atomic E-state index is -4.95. The highest BCUT2D eigenvalue weighted by atomic mass is 32.2. The Kier molecular flexibility index (Phi) is 15.4. The number of hydrogen-bond acceptors (Lipinski definition) is 12. The van der Waals surface area contributed by atoms with Crippen molar-refractivity contribution in [2.75, 3.05) is 60.1 Å². The predicted octanol–water partition coefficient (Wildman–Crippen LogP) is 7.64. The van der Waals surface area contributed by atoms with E-state index >= 15 is 0 Å². The monoisotopic (exact) mass is 902 g/mol. The average molecular weight is 903 g/mol. The van der Waals surface area contributed by atoms with Gasteiger partial charge in [-0.3, -0.25) is 19.2 Å². The van der Waals surface area contributed by atoms with Crippen LogP contribution < -0.4 is 42.2 Å². The molecule has 0 unspecified atom stereocenters. The van der Waals surface area contributed by atoms with Crippen molar-refractivity contribution in [2.24, 2.45) is 11.5 Å². The van der Waals surface area contributed by atoms with Crippen LogP contribution in [-0.4, -0.2) is 72.4 Å². The van der Waals surface area contributed by atoms with Crippen LogP contribution in [0.2, 0.25) is 0 Å². The maximum atomic E-state index is 14.2. The van der Waals surface area contributed by atoms with Crippen molar-refractivity contribution in [2.45, 2.75) is 22.1 Å². The van der Waals surface area contributed by atoms with Crippen molar-refractivity contribution in [3.8, 4) is 11.5 Å². The number of carbonyl (C=O) groups excluding carboxylic acids is 4. The van der Waals surface area contributed by atoms with E-state index in [1.54, 1.807) is 0 Å². The molecule has 22 heteroatoms. The second-order valence-electron chi connectivity index (χ2n) is 12.6. The summed E-state index contributed by atoms with van der Waals surface area (Å²) in [5.41, 5.74) is 6.60. The molecule has 0 radical (unpaired) electrons. The molecule has 0 fully saturated rings. The minimum Gasteiger partial charge on any atom is -0.497 e. The third kappa shape index (κ3) is 11.9. The molecular formula is C40H36F6N8O6S2. The van der Waals surface area contributed by atoms with Crippen molar-refractivity contribution < 1.29 is 55.0 Å². The number of nitrogens with one attached hydrogen (secondary N) is 4. The molecule has 1 heterocycles. The number of rotatable bonds is 16. The van der Waals surface area contributed by atoms with Gasteiger partial charge in [-0.15, -0.1) is 23.5 Å². The highest BCUT2D eigenvalue weighted by molar-refractivity contribution is 7.99. The fourth-order valence-electron chi connectivity index (χ4n) is 5.44. The van der Waals surface area contributed by atoms with Gasteiger partial charge in [0.15, 0.2) is 0 Å². The number of thioether (sulfide) groups is 2. The second-order valence-corrected chi connectivity index (χ2v) is 14.8. The van der Waals surface area contributed by atoms with E-state index < -0.39 is 69.9 Å². The molecule has 4 aromatic carbocycles. The number of ether oxygens (including phenoxy) is 2. The van der Waals surface area contributed by atoms with Crippen LogP contribution in [0, 0.1) is 0 Å². The van der Waals surface area contributed by atoms with Crippen LogP contribution in [0.4, 0.5) is 49.1 Å². The fourth-order valence-corrected chi connectivity index (χ4v) is 7.15.